The Labute approximate surface area is 176 Å². The molecule has 0 bridgehead atoms. The number of phenolic OH excluding ortho intramolecular Hbond substituents is 2. The second kappa shape index (κ2) is 10.2. The van der Waals surface area contributed by atoms with Crippen molar-refractivity contribution in [1.82, 2.24) is 5.32 Å². The van der Waals surface area contributed by atoms with Crippen LogP contribution in [0.3, 0.4) is 0 Å². The van der Waals surface area contributed by atoms with Gasteiger partial charge in [0.15, 0.2) is 11.5 Å². The number of hydrogen-bond acceptors (Lipinski definition) is 4. The van der Waals surface area contributed by atoms with Crippen LogP contribution in [0.25, 0.3) is 0 Å². The molecular weight excluding hydrogens is 386 g/mol. The number of nitrogens with one attached hydrogen (secondary N) is 1. The van der Waals surface area contributed by atoms with Crippen LogP contribution in [0.4, 0.5) is 0 Å². The predicted octanol–water partition coefficient (Wildman–Crippen LogP) is 5.20. The van der Waals surface area contributed by atoms with E-state index in [4.69, 9.17) is 16.3 Å². The molecule has 3 aromatic carbocycles. The fourth-order valence-electron chi connectivity index (χ4n) is 3.28. The SMILES string of the molecule is CCNCCOc1ccc(C(c2ccc(O)c(O)c2)C(Cl)c2ccccc2)cc1. The summed E-state index contributed by atoms with van der Waals surface area (Å²) >= 11 is 6.91. The Bertz CT molecular complexity index is 900. The average molecular weight is 412 g/mol. The van der Waals surface area contributed by atoms with E-state index in [-0.39, 0.29) is 22.8 Å². The molecule has 2 unspecified atom stereocenters. The van der Waals surface area contributed by atoms with Crippen molar-refractivity contribution < 1.29 is 14.9 Å². The molecule has 3 rings (SSSR count). The maximum absolute atomic E-state index is 10.0. The largest absolute Gasteiger partial charge is 0.504 e. The Morgan fingerprint density at radius 2 is 1.55 bits per heavy atom. The van der Waals surface area contributed by atoms with Crippen molar-refractivity contribution >= 4 is 11.6 Å². The van der Waals surface area contributed by atoms with Crippen molar-refractivity contribution in [3.05, 3.63) is 89.5 Å². The Hall–Kier alpha value is -2.69. The minimum atomic E-state index is -0.347. The lowest BCUT2D eigenvalue weighted by Crippen LogP contribution is -2.20. The van der Waals surface area contributed by atoms with Gasteiger partial charge in [0.25, 0.3) is 0 Å². The molecule has 0 radical (unpaired) electrons. The lowest BCUT2D eigenvalue weighted by molar-refractivity contribution is 0.315. The molecule has 3 aromatic rings. The smallest absolute Gasteiger partial charge is 0.157 e. The lowest BCUT2D eigenvalue weighted by Gasteiger charge is -2.24. The highest BCUT2D eigenvalue weighted by Gasteiger charge is 2.25. The molecule has 0 aliphatic rings. The van der Waals surface area contributed by atoms with Gasteiger partial charge in [-0.2, -0.15) is 0 Å². The summed E-state index contributed by atoms with van der Waals surface area (Å²) in [5.74, 6) is 0.279. The van der Waals surface area contributed by atoms with Crippen LogP contribution in [0.5, 0.6) is 17.2 Å². The molecular formula is C24H26ClNO3. The fourth-order valence-corrected chi connectivity index (χ4v) is 3.72. The van der Waals surface area contributed by atoms with Gasteiger partial charge in [0.1, 0.15) is 12.4 Å². The van der Waals surface area contributed by atoms with Gasteiger partial charge in [-0.15, -0.1) is 11.6 Å². The number of halogens is 1. The highest BCUT2D eigenvalue weighted by molar-refractivity contribution is 6.21. The van der Waals surface area contributed by atoms with Gasteiger partial charge in [-0.1, -0.05) is 55.5 Å². The van der Waals surface area contributed by atoms with Crippen LogP contribution in [-0.2, 0) is 0 Å². The molecule has 0 aliphatic carbocycles. The molecule has 152 valence electrons. The van der Waals surface area contributed by atoms with Crippen LogP contribution < -0.4 is 10.1 Å². The van der Waals surface area contributed by atoms with Crippen LogP contribution in [0, 0.1) is 0 Å². The molecule has 0 saturated heterocycles. The molecule has 0 aromatic heterocycles. The van der Waals surface area contributed by atoms with Gasteiger partial charge in [-0.3, -0.25) is 0 Å². The van der Waals surface area contributed by atoms with E-state index in [0.717, 1.165) is 35.5 Å². The summed E-state index contributed by atoms with van der Waals surface area (Å²) in [6, 6.07) is 22.6. The number of phenols is 2. The van der Waals surface area contributed by atoms with Gasteiger partial charge >= 0.3 is 0 Å². The standard InChI is InChI=1S/C24H26ClNO3/c1-2-26-14-15-29-20-11-8-17(9-12-20)23(19-10-13-21(27)22(28)16-19)24(25)18-6-4-3-5-7-18/h3-13,16,23-24,26-28H,2,14-15H2,1H3. The van der Waals surface area contributed by atoms with Crippen LogP contribution in [0.1, 0.15) is 34.9 Å². The summed E-state index contributed by atoms with van der Waals surface area (Å²) in [4.78, 5) is 0. The van der Waals surface area contributed by atoms with Gasteiger partial charge in [0.05, 0.1) is 5.38 Å². The van der Waals surface area contributed by atoms with E-state index in [0.29, 0.717) is 6.61 Å². The Kier molecular flexibility index (Phi) is 7.39. The third-order valence-electron chi connectivity index (χ3n) is 4.81. The van der Waals surface area contributed by atoms with Crippen molar-refractivity contribution in [2.75, 3.05) is 19.7 Å². The van der Waals surface area contributed by atoms with Crippen molar-refractivity contribution in [3.8, 4) is 17.2 Å². The first-order chi connectivity index (χ1) is 14.1. The molecule has 2 atom stereocenters. The predicted molar refractivity (Wildman–Crippen MR) is 117 cm³/mol. The van der Waals surface area contributed by atoms with Crippen molar-refractivity contribution in [3.63, 3.8) is 0 Å². The minimum Gasteiger partial charge on any atom is -0.504 e. The first-order valence-electron chi connectivity index (χ1n) is 9.74. The van der Waals surface area contributed by atoms with E-state index in [1.165, 1.54) is 6.07 Å². The monoisotopic (exact) mass is 411 g/mol. The highest BCUT2D eigenvalue weighted by atomic mass is 35.5. The molecule has 0 spiro atoms. The van der Waals surface area contributed by atoms with Crippen molar-refractivity contribution in [2.45, 2.75) is 18.2 Å². The third-order valence-corrected chi connectivity index (χ3v) is 5.31. The number of alkyl halides is 1. The highest BCUT2D eigenvalue weighted by Crippen LogP contribution is 2.43. The van der Waals surface area contributed by atoms with Gasteiger partial charge in [-0.05, 0) is 47.5 Å². The van der Waals surface area contributed by atoms with E-state index in [1.54, 1.807) is 12.1 Å². The topological polar surface area (TPSA) is 61.7 Å². The molecule has 0 saturated carbocycles. The molecule has 4 nitrogen and oxygen atoms in total. The molecule has 29 heavy (non-hydrogen) atoms. The number of aromatic hydroxyl groups is 2. The number of benzene rings is 3. The summed E-state index contributed by atoms with van der Waals surface area (Å²) < 4.78 is 5.76. The van der Waals surface area contributed by atoms with Crippen LogP contribution in [-0.4, -0.2) is 29.9 Å². The van der Waals surface area contributed by atoms with Crippen molar-refractivity contribution in [1.29, 1.82) is 0 Å². The molecule has 0 amide bonds. The van der Waals surface area contributed by atoms with Gasteiger partial charge in [0.2, 0.25) is 0 Å². The summed E-state index contributed by atoms with van der Waals surface area (Å²) in [6.07, 6.45) is 0. The maximum Gasteiger partial charge on any atom is 0.157 e. The Morgan fingerprint density at radius 3 is 2.21 bits per heavy atom. The van der Waals surface area contributed by atoms with Crippen LogP contribution >= 0.6 is 11.6 Å². The van der Waals surface area contributed by atoms with Gasteiger partial charge < -0.3 is 20.3 Å². The first-order valence-corrected chi connectivity index (χ1v) is 10.2. The van der Waals surface area contributed by atoms with Crippen LogP contribution in [0.2, 0.25) is 0 Å². The molecule has 0 fully saturated rings. The number of likely N-dealkylation sites (N-methyl/N-ethyl adjacent to an activating group) is 1. The average Bonchev–Trinajstić information content (AvgIpc) is 2.75. The summed E-state index contributed by atoms with van der Waals surface area (Å²) in [5, 5.41) is 22.6. The number of hydrogen-bond donors (Lipinski definition) is 3. The summed E-state index contributed by atoms with van der Waals surface area (Å²) in [7, 11) is 0. The molecule has 0 heterocycles. The maximum atomic E-state index is 10.0. The molecule has 0 aliphatic heterocycles. The Balaban J connectivity index is 1.89. The van der Waals surface area contributed by atoms with E-state index in [1.807, 2.05) is 54.6 Å². The zero-order valence-corrected chi connectivity index (χ0v) is 17.1. The second-order valence-corrected chi connectivity index (χ2v) is 7.28. The van der Waals surface area contributed by atoms with Crippen molar-refractivity contribution in [2.24, 2.45) is 0 Å². The molecule has 3 N–H and O–H groups in total. The van der Waals surface area contributed by atoms with E-state index >= 15 is 0 Å². The second-order valence-electron chi connectivity index (χ2n) is 6.81. The van der Waals surface area contributed by atoms with E-state index in [9.17, 15) is 10.2 Å². The zero-order chi connectivity index (χ0) is 20.6. The Morgan fingerprint density at radius 1 is 0.862 bits per heavy atom. The lowest BCUT2D eigenvalue weighted by atomic mass is 9.85. The third kappa shape index (κ3) is 5.43. The summed E-state index contributed by atoms with van der Waals surface area (Å²) in [5.41, 5.74) is 2.81. The number of ether oxygens (including phenoxy) is 1. The minimum absolute atomic E-state index is 0.150. The van der Waals surface area contributed by atoms with Gasteiger partial charge in [-0.25, -0.2) is 0 Å². The number of rotatable bonds is 9. The zero-order valence-electron chi connectivity index (χ0n) is 16.4. The quantitative estimate of drug-likeness (QED) is 0.257. The van der Waals surface area contributed by atoms with Crippen LogP contribution in [0.15, 0.2) is 72.8 Å². The normalized spacial score (nSPS) is 13.0. The summed E-state index contributed by atoms with van der Waals surface area (Å²) in [6.45, 7) is 4.38. The fraction of sp³-hybridized carbons (Fsp3) is 0.250. The molecule has 5 heteroatoms. The van der Waals surface area contributed by atoms with E-state index < -0.39 is 0 Å². The first kappa shape index (κ1) is 21.0. The van der Waals surface area contributed by atoms with E-state index in [2.05, 4.69) is 12.2 Å². The van der Waals surface area contributed by atoms with Gasteiger partial charge in [0, 0.05) is 12.5 Å².